The summed E-state index contributed by atoms with van der Waals surface area (Å²) in [6.07, 6.45) is 4.57. The van der Waals surface area contributed by atoms with Crippen molar-refractivity contribution in [3.05, 3.63) is 12.7 Å². The first kappa shape index (κ1) is 9.85. The molecule has 0 saturated carbocycles. The fourth-order valence-corrected chi connectivity index (χ4v) is 0.977. The van der Waals surface area contributed by atoms with Crippen LogP contribution in [-0.2, 0) is 10.8 Å². The third kappa shape index (κ3) is 7.85. The van der Waals surface area contributed by atoms with E-state index in [9.17, 15) is 4.21 Å². The molecule has 0 spiro atoms. The van der Waals surface area contributed by atoms with E-state index in [-0.39, 0.29) is 0 Å². The Morgan fingerprint density at radius 1 is 1.60 bits per heavy atom. The molecule has 0 rings (SSSR count). The first-order valence-electron chi connectivity index (χ1n) is 3.39. The molecule has 0 aliphatic heterocycles. The molecule has 1 atom stereocenters. The summed E-state index contributed by atoms with van der Waals surface area (Å²) in [7, 11) is -0.659. The van der Waals surface area contributed by atoms with Crippen LogP contribution < -0.4 is 5.32 Å². The van der Waals surface area contributed by atoms with Gasteiger partial charge in [-0.15, -0.1) is 6.58 Å². The summed E-state index contributed by atoms with van der Waals surface area (Å²) >= 11 is 0. The minimum absolute atomic E-state index is 0.659. The molecule has 0 bridgehead atoms. The Bertz CT molecular complexity index is 114. The van der Waals surface area contributed by atoms with Crippen LogP contribution in [-0.4, -0.2) is 29.3 Å². The normalized spacial score (nSPS) is 12.9. The molecule has 0 fully saturated rings. The molecule has 0 saturated heterocycles. The second-order valence-electron chi connectivity index (χ2n) is 2.10. The number of rotatable bonds is 6. The van der Waals surface area contributed by atoms with Crippen molar-refractivity contribution in [3.63, 3.8) is 0 Å². The zero-order chi connectivity index (χ0) is 7.82. The summed E-state index contributed by atoms with van der Waals surface area (Å²) in [6, 6.07) is 0. The standard InChI is InChI=1S/C7H15NOS/c1-3-4-5-8-6-7-10(2)9/h3,8H,1,4-7H2,2H3. The minimum atomic E-state index is -0.659. The maximum Gasteiger partial charge on any atom is 0.0357 e. The quantitative estimate of drug-likeness (QED) is 0.455. The van der Waals surface area contributed by atoms with Crippen LogP contribution in [0.5, 0.6) is 0 Å². The molecule has 0 aliphatic carbocycles. The highest BCUT2D eigenvalue weighted by Gasteiger charge is 1.88. The van der Waals surface area contributed by atoms with Crippen molar-refractivity contribution in [1.29, 1.82) is 0 Å². The molecule has 1 N–H and O–H groups in total. The van der Waals surface area contributed by atoms with Gasteiger partial charge in [-0.25, -0.2) is 0 Å². The number of hydrogen-bond donors (Lipinski definition) is 1. The maximum atomic E-state index is 10.5. The van der Waals surface area contributed by atoms with Gasteiger partial charge in [0.1, 0.15) is 0 Å². The van der Waals surface area contributed by atoms with Crippen molar-refractivity contribution in [2.75, 3.05) is 25.1 Å². The van der Waals surface area contributed by atoms with Crippen LogP contribution in [0.15, 0.2) is 12.7 Å². The molecule has 0 radical (unpaired) electrons. The Hall–Kier alpha value is -0.150. The molecule has 1 unspecified atom stereocenters. The van der Waals surface area contributed by atoms with Gasteiger partial charge in [-0.05, 0) is 13.0 Å². The summed E-state index contributed by atoms with van der Waals surface area (Å²) < 4.78 is 10.5. The van der Waals surface area contributed by atoms with E-state index in [0.29, 0.717) is 0 Å². The average Bonchev–Trinajstić information content (AvgIpc) is 1.87. The second kappa shape index (κ2) is 6.96. The van der Waals surface area contributed by atoms with E-state index >= 15 is 0 Å². The van der Waals surface area contributed by atoms with Crippen LogP contribution in [0.2, 0.25) is 0 Å². The fourth-order valence-electron chi connectivity index (χ4n) is 0.545. The molecular formula is C7H15NOS. The average molecular weight is 161 g/mol. The van der Waals surface area contributed by atoms with Gasteiger partial charge in [-0.3, -0.25) is 4.21 Å². The van der Waals surface area contributed by atoms with Gasteiger partial charge in [0, 0.05) is 29.4 Å². The molecule has 0 aromatic carbocycles. The lowest BCUT2D eigenvalue weighted by molar-refractivity contribution is 0.677. The first-order valence-corrected chi connectivity index (χ1v) is 5.11. The van der Waals surface area contributed by atoms with E-state index in [1.807, 2.05) is 6.08 Å². The first-order chi connectivity index (χ1) is 4.77. The minimum Gasteiger partial charge on any atom is -0.316 e. The molecule has 2 nitrogen and oxygen atoms in total. The summed E-state index contributed by atoms with van der Waals surface area (Å²) in [5.74, 6) is 0.747. The van der Waals surface area contributed by atoms with E-state index in [1.165, 1.54) is 0 Å². The molecule has 60 valence electrons. The third-order valence-corrected chi connectivity index (χ3v) is 1.87. The molecule has 0 aliphatic rings. The SMILES string of the molecule is C=CCCNCCS(C)=O. The van der Waals surface area contributed by atoms with Crippen LogP contribution >= 0.6 is 0 Å². The highest BCUT2D eigenvalue weighted by Crippen LogP contribution is 1.76. The van der Waals surface area contributed by atoms with Crippen molar-refractivity contribution < 1.29 is 4.21 Å². The monoisotopic (exact) mass is 161 g/mol. The summed E-state index contributed by atoms with van der Waals surface area (Å²) in [5.41, 5.74) is 0. The summed E-state index contributed by atoms with van der Waals surface area (Å²) in [5, 5.41) is 3.15. The van der Waals surface area contributed by atoms with Gasteiger partial charge in [0.05, 0.1) is 0 Å². The highest BCUT2D eigenvalue weighted by molar-refractivity contribution is 7.84. The zero-order valence-electron chi connectivity index (χ0n) is 6.43. The van der Waals surface area contributed by atoms with Gasteiger partial charge in [0.25, 0.3) is 0 Å². The fraction of sp³-hybridized carbons (Fsp3) is 0.714. The van der Waals surface area contributed by atoms with Crippen LogP contribution in [0.4, 0.5) is 0 Å². The van der Waals surface area contributed by atoms with Crippen LogP contribution in [0.3, 0.4) is 0 Å². The van der Waals surface area contributed by atoms with Crippen LogP contribution in [0.25, 0.3) is 0 Å². The zero-order valence-corrected chi connectivity index (χ0v) is 7.25. The van der Waals surface area contributed by atoms with E-state index in [1.54, 1.807) is 6.26 Å². The third-order valence-electron chi connectivity index (χ3n) is 1.09. The van der Waals surface area contributed by atoms with Gasteiger partial charge in [0.15, 0.2) is 0 Å². The molecule has 10 heavy (non-hydrogen) atoms. The summed E-state index contributed by atoms with van der Waals surface area (Å²) in [4.78, 5) is 0. The molecule has 0 aromatic rings. The number of nitrogens with one attached hydrogen (secondary N) is 1. The van der Waals surface area contributed by atoms with Crippen molar-refractivity contribution >= 4 is 10.8 Å². The lowest BCUT2D eigenvalue weighted by Crippen LogP contribution is -2.20. The van der Waals surface area contributed by atoms with Gasteiger partial charge in [-0.1, -0.05) is 6.08 Å². The van der Waals surface area contributed by atoms with Crippen LogP contribution in [0, 0.1) is 0 Å². The summed E-state index contributed by atoms with van der Waals surface area (Å²) in [6.45, 7) is 5.38. The molecular weight excluding hydrogens is 146 g/mol. The van der Waals surface area contributed by atoms with E-state index in [0.717, 1.165) is 25.3 Å². The largest absolute Gasteiger partial charge is 0.316 e. The highest BCUT2D eigenvalue weighted by atomic mass is 32.2. The van der Waals surface area contributed by atoms with Gasteiger partial charge in [0.2, 0.25) is 0 Å². The Labute approximate surface area is 65.2 Å². The van der Waals surface area contributed by atoms with Gasteiger partial charge >= 0.3 is 0 Å². The Kier molecular flexibility index (Phi) is 6.86. The van der Waals surface area contributed by atoms with Gasteiger partial charge < -0.3 is 5.32 Å². The lowest BCUT2D eigenvalue weighted by Gasteiger charge is -1.98. The predicted molar refractivity (Wildman–Crippen MR) is 46.6 cm³/mol. The van der Waals surface area contributed by atoms with Crippen molar-refractivity contribution in [2.24, 2.45) is 0 Å². The van der Waals surface area contributed by atoms with Crippen LogP contribution in [0.1, 0.15) is 6.42 Å². The van der Waals surface area contributed by atoms with Crippen molar-refractivity contribution in [3.8, 4) is 0 Å². The molecule has 0 amide bonds. The van der Waals surface area contributed by atoms with Gasteiger partial charge in [-0.2, -0.15) is 0 Å². The van der Waals surface area contributed by atoms with E-state index < -0.39 is 10.8 Å². The number of hydrogen-bond acceptors (Lipinski definition) is 2. The maximum absolute atomic E-state index is 10.5. The molecule has 0 aromatic heterocycles. The Morgan fingerprint density at radius 2 is 2.30 bits per heavy atom. The predicted octanol–water partition coefficient (Wildman–Crippen LogP) is 0.531. The second-order valence-corrected chi connectivity index (χ2v) is 3.66. The molecule has 0 heterocycles. The lowest BCUT2D eigenvalue weighted by atomic mass is 10.4. The smallest absolute Gasteiger partial charge is 0.0357 e. The van der Waals surface area contributed by atoms with E-state index in [4.69, 9.17) is 0 Å². The Morgan fingerprint density at radius 3 is 2.80 bits per heavy atom. The topological polar surface area (TPSA) is 29.1 Å². The van der Waals surface area contributed by atoms with Crippen molar-refractivity contribution in [2.45, 2.75) is 6.42 Å². The van der Waals surface area contributed by atoms with Crippen molar-refractivity contribution in [1.82, 2.24) is 5.32 Å². The molecule has 3 heteroatoms. The Balaban J connectivity index is 2.90. The van der Waals surface area contributed by atoms with E-state index in [2.05, 4.69) is 11.9 Å².